The Kier molecular flexibility index (Phi) is 4.36. The van der Waals surface area contributed by atoms with Gasteiger partial charge in [0.1, 0.15) is 0 Å². The number of aromatic nitrogens is 1. The van der Waals surface area contributed by atoms with Crippen molar-refractivity contribution < 1.29 is 0 Å². The van der Waals surface area contributed by atoms with Crippen molar-refractivity contribution in [2.24, 2.45) is 5.92 Å². The van der Waals surface area contributed by atoms with Crippen LogP contribution in [0.1, 0.15) is 30.4 Å². The molecular formula is C17H22N2S. The number of thiazole rings is 1. The molecule has 20 heavy (non-hydrogen) atoms. The van der Waals surface area contributed by atoms with Crippen LogP contribution in [0.4, 0.5) is 5.13 Å². The fourth-order valence-electron chi connectivity index (χ4n) is 3.10. The van der Waals surface area contributed by atoms with Gasteiger partial charge in [-0.2, -0.15) is 0 Å². The van der Waals surface area contributed by atoms with E-state index in [1.807, 2.05) is 6.20 Å². The molecule has 1 fully saturated rings. The van der Waals surface area contributed by atoms with Gasteiger partial charge in [0.25, 0.3) is 0 Å². The van der Waals surface area contributed by atoms with Crippen molar-refractivity contribution in [3.8, 4) is 0 Å². The average Bonchev–Trinajstić information content (AvgIpc) is 3.01. The van der Waals surface area contributed by atoms with Crippen molar-refractivity contribution in [2.75, 3.05) is 18.0 Å². The first-order chi connectivity index (χ1) is 9.83. The molecule has 0 radical (unpaired) electrons. The van der Waals surface area contributed by atoms with E-state index in [0.717, 1.165) is 5.92 Å². The van der Waals surface area contributed by atoms with Crippen LogP contribution >= 0.6 is 11.3 Å². The molecule has 2 nitrogen and oxygen atoms in total. The lowest BCUT2D eigenvalue weighted by Gasteiger charge is -2.32. The molecule has 1 aromatic carbocycles. The zero-order valence-corrected chi connectivity index (χ0v) is 12.9. The second-order valence-corrected chi connectivity index (χ2v) is 6.61. The van der Waals surface area contributed by atoms with Gasteiger partial charge in [0, 0.05) is 24.7 Å². The molecule has 2 aromatic rings. The highest BCUT2D eigenvalue weighted by Gasteiger charge is 2.21. The maximum absolute atomic E-state index is 4.45. The van der Waals surface area contributed by atoms with E-state index in [0.29, 0.717) is 0 Å². The third kappa shape index (κ3) is 3.21. The van der Waals surface area contributed by atoms with E-state index in [-0.39, 0.29) is 0 Å². The van der Waals surface area contributed by atoms with Crippen molar-refractivity contribution in [1.82, 2.24) is 4.98 Å². The maximum Gasteiger partial charge on any atom is 0.185 e. The van der Waals surface area contributed by atoms with Crippen molar-refractivity contribution >= 4 is 16.5 Å². The quantitative estimate of drug-likeness (QED) is 0.833. The number of aryl methyl sites for hydroxylation is 2. The molecule has 0 aliphatic carbocycles. The van der Waals surface area contributed by atoms with E-state index in [2.05, 4.69) is 46.5 Å². The average molecular weight is 286 g/mol. The van der Waals surface area contributed by atoms with Crippen LogP contribution in [0.5, 0.6) is 0 Å². The SMILES string of the molecule is Cc1ccccc1CC[C@H]1CCCN(c2nccs2)C1. The number of benzene rings is 1. The molecule has 2 heterocycles. The van der Waals surface area contributed by atoms with Gasteiger partial charge >= 0.3 is 0 Å². The molecule has 106 valence electrons. The molecule has 0 unspecified atom stereocenters. The van der Waals surface area contributed by atoms with Crippen molar-refractivity contribution in [3.63, 3.8) is 0 Å². The molecule has 1 saturated heterocycles. The first-order valence-corrected chi connectivity index (χ1v) is 8.40. The lowest BCUT2D eigenvalue weighted by atomic mass is 9.91. The minimum absolute atomic E-state index is 0.812. The summed E-state index contributed by atoms with van der Waals surface area (Å²) in [4.78, 5) is 6.92. The van der Waals surface area contributed by atoms with Crippen molar-refractivity contribution in [1.29, 1.82) is 0 Å². The molecule has 0 amide bonds. The summed E-state index contributed by atoms with van der Waals surface area (Å²) in [7, 11) is 0. The summed E-state index contributed by atoms with van der Waals surface area (Å²) in [5.41, 5.74) is 2.94. The molecule has 0 saturated carbocycles. The van der Waals surface area contributed by atoms with E-state index in [4.69, 9.17) is 0 Å². The minimum Gasteiger partial charge on any atom is -0.348 e. The number of hydrogen-bond donors (Lipinski definition) is 0. The zero-order chi connectivity index (χ0) is 13.8. The summed E-state index contributed by atoms with van der Waals surface area (Å²) in [6.45, 7) is 4.58. The molecular weight excluding hydrogens is 264 g/mol. The predicted octanol–water partition coefficient (Wildman–Crippen LogP) is 4.30. The number of piperidine rings is 1. The van der Waals surface area contributed by atoms with Gasteiger partial charge in [-0.15, -0.1) is 11.3 Å². The topological polar surface area (TPSA) is 16.1 Å². The molecule has 0 N–H and O–H groups in total. The second kappa shape index (κ2) is 6.40. The predicted molar refractivity (Wildman–Crippen MR) is 86.6 cm³/mol. The van der Waals surface area contributed by atoms with Gasteiger partial charge in [-0.05, 0) is 49.7 Å². The van der Waals surface area contributed by atoms with Gasteiger partial charge in [0.15, 0.2) is 5.13 Å². The Balaban J connectivity index is 1.57. The lowest BCUT2D eigenvalue weighted by molar-refractivity contribution is 0.391. The van der Waals surface area contributed by atoms with E-state index < -0.39 is 0 Å². The minimum atomic E-state index is 0.812. The highest BCUT2D eigenvalue weighted by Crippen LogP contribution is 2.27. The molecule has 3 rings (SSSR count). The standard InChI is InChI=1S/C17H22N2S/c1-14-5-2-3-7-16(14)9-8-15-6-4-11-19(13-15)17-18-10-12-20-17/h2-3,5,7,10,12,15H,4,6,8-9,11,13H2,1H3/t15-/m1/s1. The fourth-order valence-corrected chi connectivity index (χ4v) is 3.78. The Hall–Kier alpha value is -1.35. The highest BCUT2D eigenvalue weighted by molar-refractivity contribution is 7.13. The Morgan fingerprint density at radius 1 is 1.35 bits per heavy atom. The van der Waals surface area contributed by atoms with Crippen LogP contribution in [0.15, 0.2) is 35.8 Å². The van der Waals surface area contributed by atoms with Crippen LogP contribution in [-0.2, 0) is 6.42 Å². The Labute approximate surface area is 125 Å². The van der Waals surface area contributed by atoms with Gasteiger partial charge in [-0.1, -0.05) is 24.3 Å². The van der Waals surface area contributed by atoms with Crippen LogP contribution < -0.4 is 4.90 Å². The third-order valence-electron chi connectivity index (χ3n) is 4.29. The number of rotatable bonds is 4. The van der Waals surface area contributed by atoms with Gasteiger partial charge in [-0.3, -0.25) is 0 Å². The van der Waals surface area contributed by atoms with E-state index in [9.17, 15) is 0 Å². The lowest BCUT2D eigenvalue weighted by Crippen LogP contribution is -2.35. The van der Waals surface area contributed by atoms with Crippen LogP contribution in [0, 0.1) is 12.8 Å². The van der Waals surface area contributed by atoms with Gasteiger partial charge in [0.2, 0.25) is 0 Å². The van der Waals surface area contributed by atoms with Gasteiger partial charge in [-0.25, -0.2) is 4.98 Å². The zero-order valence-electron chi connectivity index (χ0n) is 12.1. The molecule has 3 heteroatoms. The van der Waals surface area contributed by atoms with E-state index >= 15 is 0 Å². The molecule has 1 atom stereocenters. The van der Waals surface area contributed by atoms with Gasteiger partial charge in [0.05, 0.1) is 0 Å². The molecule has 0 spiro atoms. The molecule has 0 bridgehead atoms. The van der Waals surface area contributed by atoms with Crippen molar-refractivity contribution in [2.45, 2.75) is 32.6 Å². The molecule has 1 aliphatic heterocycles. The third-order valence-corrected chi connectivity index (χ3v) is 5.12. The van der Waals surface area contributed by atoms with Crippen LogP contribution in [0.2, 0.25) is 0 Å². The summed E-state index contributed by atoms with van der Waals surface area (Å²) in [5.74, 6) is 0.812. The maximum atomic E-state index is 4.45. The number of hydrogen-bond acceptors (Lipinski definition) is 3. The smallest absolute Gasteiger partial charge is 0.185 e. The van der Waals surface area contributed by atoms with Crippen LogP contribution in [0.25, 0.3) is 0 Å². The summed E-state index contributed by atoms with van der Waals surface area (Å²) in [5, 5.41) is 3.28. The summed E-state index contributed by atoms with van der Waals surface area (Å²) >= 11 is 1.76. The first-order valence-electron chi connectivity index (χ1n) is 7.52. The first kappa shape index (κ1) is 13.6. The normalized spacial score (nSPS) is 19.2. The van der Waals surface area contributed by atoms with E-state index in [1.54, 1.807) is 11.3 Å². The number of anilines is 1. The van der Waals surface area contributed by atoms with Crippen LogP contribution in [0.3, 0.4) is 0 Å². The highest BCUT2D eigenvalue weighted by atomic mass is 32.1. The fraction of sp³-hybridized carbons (Fsp3) is 0.471. The van der Waals surface area contributed by atoms with Crippen molar-refractivity contribution in [3.05, 3.63) is 47.0 Å². The Morgan fingerprint density at radius 2 is 2.25 bits per heavy atom. The molecule has 1 aromatic heterocycles. The summed E-state index contributed by atoms with van der Waals surface area (Å²) < 4.78 is 0. The number of nitrogens with zero attached hydrogens (tertiary/aromatic N) is 2. The Bertz CT molecular complexity index is 536. The Morgan fingerprint density at radius 3 is 3.05 bits per heavy atom. The summed E-state index contributed by atoms with van der Waals surface area (Å²) in [6.07, 6.45) is 7.10. The molecule has 1 aliphatic rings. The summed E-state index contributed by atoms with van der Waals surface area (Å²) in [6, 6.07) is 8.78. The van der Waals surface area contributed by atoms with Crippen LogP contribution in [-0.4, -0.2) is 18.1 Å². The monoisotopic (exact) mass is 286 g/mol. The largest absolute Gasteiger partial charge is 0.348 e. The van der Waals surface area contributed by atoms with Gasteiger partial charge < -0.3 is 4.90 Å². The van der Waals surface area contributed by atoms with E-state index in [1.165, 1.54) is 55.0 Å². The second-order valence-electron chi connectivity index (χ2n) is 5.73.